The van der Waals surface area contributed by atoms with Gasteiger partial charge in [0.2, 0.25) is 0 Å². The minimum atomic E-state index is -0.333. The fourth-order valence-corrected chi connectivity index (χ4v) is 0.956. The minimum absolute atomic E-state index is 0.258. The fraction of sp³-hybridized carbons (Fsp3) is 0.600. The van der Waals surface area contributed by atoms with E-state index in [9.17, 15) is 9.59 Å². The van der Waals surface area contributed by atoms with Crippen molar-refractivity contribution in [1.29, 1.82) is 0 Å². The number of Topliss-reactive ketones (excluding diaryl/α,β-unsaturated/α-hetero) is 2. The third-order valence-electron chi connectivity index (χ3n) is 1.83. The van der Waals surface area contributed by atoms with E-state index in [1.54, 1.807) is 0 Å². The topological polar surface area (TPSA) is 34.1 Å². The molecule has 0 radical (unpaired) electrons. The average molecular weight is 168 g/mol. The Morgan fingerprint density at radius 1 is 1.50 bits per heavy atom. The lowest BCUT2D eigenvalue weighted by Crippen LogP contribution is -2.10. The lowest BCUT2D eigenvalue weighted by atomic mass is 9.99. The summed E-state index contributed by atoms with van der Waals surface area (Å²) < 4.78 is 0. The molecule has 0 aromatic carbocycles. The van der Waals surface area contributed by atoms with Gasteiger partial charge in [0.1, 0.15) is 0 Å². The number of carbonyl (C=O) groups is 2. The molecule has 0 rings (SSSR count). The average Bonchev–Trinajstić information content (AvgIpc) is 2.00. The summed E-state index contributed by atoms with van der Waals surface area (Å²) >= 11 is 0. The van der Waals surface area contributed by atoms with E-state index in [-0.39, 0.29) is 11.6 Å². The summed E-state index contributed by atoms with van der Waals surface area (Å²) in [5, 5.41) is 0. The Kier molecular flexibility index (Phi) is 5.26. The van der Waals surface area contributed by atoms with Crippen molar-refractivity contribution < 1.29 is 9.59 Å². The van der Waals surface area contributed by atoms with Crippen LogP contribution in [-0.4, -0.2) is 11.6 Å². The predicted molar refractivity (Wildman–Crippen MR) is 48.9 cm³/mol. The van der Waals surface area contributed by atoms with Crippen LogP contribution in [0.2, 0.25) is 0 Å². The smallest absolute Gasteiger partial charge is 0.198 e. The molecule has 0 aliphatic rings. The molecule has 0 aromatic heterocycles. The van der Waals surface area contributed by atoms with E-state index < -0.39 is 0 Å². The highest BCUT2D eigenvalue weighted by Gasteiger charge is 2.09. The quantitative estimate of drug-likeness (QED) is 0.450. The molecular formula is C10H16O2. The maximum Gasteiger partial charge on any atom is 0.198 e. The van der Waals surface area contributed by atoms with Crippen molar-refractivity contribution in [2.24, 2.45) is 5.92 Å². The van der Waals surface area contributed by atoms with Crippen LogP contribution in [0.5, 0.6) is 0 Å². The van der Waals surface area contributed by atoms with E-state index in [4.69, 9.17) is 0 Å². The maximum atomic E-state index is 10.9. The van der Waals surface area contributed by atoms with Crippen molar-refractivity contribution in [3.63, 3.8) is 0 Å². The van der Waals surface area contributed by atoms with Gasteiger partial charge in [-0.05, 0) is 18.8 Å². The molecule has 0 amide bonds. The van der Waals surface area contributed by atoms with Gasteiger partial charge >= 0.3 is 0 Å². The van der Waals surface area contributed by atoms with Crippen LogP contribution < -0.4 is 0 Å². The second kappa shape index (κ2) is 5.70. The van der Waals surface area contributed by atoms with Crippen LogP contribution in [0.4, 0.5) is 0 Å². The van der Waals surface area contributed by atoms with Crippen LogP contribution in [0.25, 0.3) is 0 Å². The zero-order valence-corrected chi connectivity index (χ0v) is 7.80. The van der Waals surface area contributed by atoms with Crippen molar-refractivity contribution in [2.75, 3.05) is 0 Å². The van der Waals surface area contributed by atoms with E-state index in [0.717, 1.165) is 12.8 Å². The Balaban J connectivity index is 3.60. The number of ketones is 2. The molecule has 1 atom stereocenters. The molecule has 2 nitrogen and oxygen atoms in total. The Morgan fingerprint density at radius 3 is 2.50 bits per heavy atom. The molecule has 0 aliphatic carbocycles. The predicted octanol–water partition coefficient (Wildman–Crippen LogP) is 2.14. The van der Waals surface area contributed by atoms with Crippen LogP contribution in [-0.2, 0) is 9.59 Å². The first-order chi connectivity index (χ1) is 5.57. The van der Waals surface area contributed by atoms with E-state index >= 15 is 0 Å². The maximum absolute atomic E-state index is 10.9. The molecule has 0 saturated heterocycles. The molecule has 1 unspecified atom stereocenters. The van der Waals surface area contributed by atoms with Gasteiger partial charge in [-0.25, -0.2) is 0 Å². The fourth-order valence-electron chi connectivity index (χ4n) is 0.956. The number of carbonyl (C=O) groups excluding carboxylic acids is 2. The normalized spacial score (nSPS) is 12.2. The van der Waals surface area contributed by atoms with Gasteiger partial charge in [0.05, 0.1) is 0 Å². The van der Waals surface area contributed by atoms with E-state index in [0.29, 0.717) is 12.3 Å². The lowest BCUT2D eigenvalue weighted by Gasteiger charge is -2.05. The monoisotopic (exact) mass is 168 g/mol. The van der Waals surface area contributed by atoms with Crippen LogP contribution >= 0.6 is 0 Å². The molecule has 0 heterocycles. The van der Waals surface area contributed by atoms with Gasteiger partial charge in [0.25, 0.3) is 0 Å². The van der Waals surface area contributed by atoms with Gasteiger partial charge in [-0.3, -0.25) is 9.59 Å². The Morgan fingerprint density at radius 2 is 2.08 bits per heavy atom. The van der Waals surface area contributed by atoms with Crippen LogP contribution in [0.15, 0.2) is 12.7 Å². The first kappa shape index (κ1) is 11.1. The lowest BCUT2D eigenvalue weighted by molar-refractivity contribution is -0.135. The second-order valence-corrected chi connectivity index (χ2v) is 3.15. The molecule has 2 heteroatoms. The van der Waals surface area contributed by atoms with Crippen LogP contribution in [0, 0.1) is 5.92 Å². The molecule has 0 fully saturated rings. The molecule has 0 aromatic rings. The summed E-state index contributed by atoms with van der Waals surface area (Å²) in [7, 11) is 0. The van der Waals surface area contributed by atoms with Crippen molar-refractivity contribution in [3.8, 4) is 0 Å². The number of hydrogen-bond donors (Lipinski definition) is 0. The van der Waals surface area contributed by atoms with Gasteiger partial charge in [-0.1, -0.05) is 13.0 Å². The molecule has 0 N–H and O–H groups in total. The Labute approximate surface area is 73.7 Å². The molecule has 0 aliphatic heterocycles. The van der Waals surface area contributed by atoms with Crippen LogP contribution in [0.3, 0.4) is 0 Å². The van der Waals surface area contributed by atoms with Gasteiger partial charge in [-0.2, -0.15) is 0 Å². The molecule has 0 saturated carbocycles. The standard InChI is InChI=1S/C10H16O2/c1-4-5-8(2)6-7-10(12)9(3)11/h4,8H,1,5-7H2,2-3H3. The highest BCUT2D eigenvalue weighted by atomic mass is 16.2. The summed E-state index contributed by atoms with van der Waals surface area (Å²) in [5.41, 5.74) is 0. The van der Waals surface area contributed by atoms with Gasteiger partial charge < -0.3 is 0 Å². The molecule has 0 bridgehead atoms. The number of hydrogen-bond acceptors (Lipinski definition) is 2. The first-order valence-corrected chi connectivity index (χ1v) is 4.22. The van der Waals surface area contributed by atoms with Crippen molar-refractivity contribution in [1.82, 2.24) is 0 Å². The molecule has 68 valence electrons. The first-order valence-electron chi connectivity index (χ1n) is 4.22. The Bertz CT molecular complexity index is 182. The summed E-state index contributed by atoms with van der Waals surface area (Å²) in [6.07, 6.45) is 3.91. The molecule has 12 heavy (non-hydrogen) atoms. The number of rotatable bonds is 6. The minimum Gasteiger partial charge on any atom is -0.291 e. The third-order valence-corrected chi connectivity index (χ3v) is 1.83. The summed E-state index contributed by atoms with van der Waals surface area (Å²) in [5.74, 6) is -0.141. The van der Waals surface area contributed by atoms with Gasteiger partial charge in [-0.15, -0.1) is 6.58 Å². The highest BCUT2D eigenvalue weighted by Crippen LogP contribution is 2.10. The SMILES string of the molecule is C=CCC(C)CCC(=O)C(C)=O. The van der Waals surface area contributed by atoms with Gasteiger partial charge in [0.15, 0.2) is 11.6 Å². The van der Waals surface area contributed by atoms with E-state index in [1.165, 1.54) is 6.92 Å². The summed E-state index contributed by atoms with van der Waals surface area (Å²) in [4.78, 5) is 21.4. The summed E-state index contributed by atoms with van der Waals surface area (Å²) in [6.45, 7) is 6.98. The third kappa shape index (κ3) is 4.83. The zero-order chi connectivity index (χ0) is 9.56. The van der Waals surface area contributed by atoms with E-state index in [2.05, 4.69) is 13.5 Å². The van der Waals surface area contributed by atoms with Crippen molar-refractivity contribution in [2.45, 2.75) is 33.1 Å². The van der Waals surface area contributed by atoms with Crippen LogP contribution in [0.1, 0.15) is 33.1 Å². The largest absolute Gasteiger partial charge is 0.291 e. The summed E-state index contributed by atoms with van der Waals surface area (Å²) in [6, 6.07) is 0. The molecular weight excluding hydrogens is 152 g/mol. The zero-order valence-electron chi connectivity index (χ0n) is 7.80. The van der Waals surface area contributed by atoms with Crippen molar-refractivity contribution in [3.05, 3.63) is 12.7 Å². The highest BCUT2D eigenvalue weighted by molar-refractivity contribution is 6.36. The molecule has 0 spiro atoms. The van der Waals surface area contributed by atoms with E-state index in [1.807, 2.05) is 6.08 Å². The Hall–Kier alpha value is -0.920. The van der Waals surface area contributed by atoms with Crippen molar-refractivity contribution >= 4 is 11.6 Å². The second-order valence-electron chi connectivity index (χ2n) is 3.15. The number of allylic oxidation sites excluding steroid dienone is 1. The van der Waals surface area contributed by atoms with Gasteiger partial charge in [0, 0.05) is 13.3 Å².